The first kappa shape index (κ1) is 15.6. The number of hydrogen-bond acceptors (Lipinski definition) is 3. The minimum atomic E-state index is -1.12. The van der Waals surface area contributed by atoms with Gasteiger partial charge in [0.2, 0.25) is 0 Å². The summed E-state index contributed by atoms with van der Waals surface area (Å²) in [7, 11) is 1.58. The van der Waals surface area contributed by atoms with Gasteiger partial charge in [-0.25, -0.2) is 4.79 Å². The lowest BCUT2D eigenvalue weighted by Crippen LogP contribution is -2.56. The molecule has 5 nitrogen and oxygen atoms in total. The highest BCUT2D eigenvalue weighted by molar-refractivity contribution is 6.01. The Kier molecular flexibility index (Phi) is 3.88. The van der Waals surface area contributed by atoms with Gasteiger partial charge in [-0.1, -0.05) is 37.5 Å². The fourth-order valence-electron chi connectivity index (χ4n) is 3.55. The number of fused-ring (bicyclic) bond motifs is 1. The maximum absolute atomic E-state index is 12.9. The third-order valence-electron chi connectivity index (χ3n) is 5.06. The van der Waals surface area contributed by atoms with E-state index in [4.69, 9.17) is 4.42 Å². The predicted molar refractivity (Wildman–Crippen MR) is 86.5 cm³/mol. The number of aryl methyl sites for hydroxylation is 1. The minimum Gasteiger partial charge on any atom is -0.479 e. The highest BCUT2D eigenvalue weighted by Crippen LogP contribution is 2.35. The third-order valence-corrected chi connectivity index (χ3v) is 5.06. The van der Waals surface area contributed by atoms with E-state index in [1.54, 1.807) is 7.05 Å². The predicted octanol–water partition coefficient (Wildman–Crippen LogP) is 3.60. The van der Waals surface area contributed by atoms with Gasteiger partial charge in [0.25, 0.3) is 5.91 Å². The molecule has 5 heteroatoms. The summed E-state index contributed by atoms with van der Waals surface area (Å²) in [5.74, 6) is -1.05. The van der Waals surface area contributed by atoms with E-state index in [9.17, 15) is 14.7 Å². The molecule has 0 bridgehead atoms. The Hall–Kier alpha value is -2.30. The van der Waals surface area contributed by atoms with Gasteiger partial charge in [0.1, 0.15) is 11.1 Å². The molecule has 0 radical (unpaired) electrons. The van der Waals surface area contributed by atoms with E-state index in [0.29, 0.717) is 18.4 Å². The lowest BCUT2D eigenvalue weighted by molar-refractivity contribution is -0.151. The van der Waals surface area contributed by atoms with Gasteiger partial charge in [0, 0.05) is 18.0 Å². The van der Waals surface area contributed by atoms with E-state index < -0.39 is 11.5 Å². The fourth-order valence-corrected chi connectivity index (χ4v) is 3.55. The second-order valence-electron chi connectivity index (χ2n) is 6.31. The normalized spacial score (nSPS) is 17.1. The topological polar surface area (TPSA) is 70.8 Å². The van der Waals surface area contributed by atoms with Gasteiger partial charge in [0.15, 0.2) is 5.76 Å². The van der Waals surface area contributed by atoms with Crippen LogP contribution in [0.2, 0.25) is 0 Å². The van der Waals surface area contributed by atoms with Crippen molar-refractivity contribution in [2.45, 2.75) is 44.6 Å². The number of rotatable bonds is 3. The summed E-state index contributed by atoms with van der Waals surface area (Å²) in [5, 5.41) is 10.6. The third kappa shape index (κ3) is 2.40. The molecule has 1 aromatic carbocycles. The summed E-state index contributed by atoms with van der Waals surface area (Å²) >= 11 is 0. The number of amides is 1. The van der Waals surface area contributed by atoms with Gasteiger partial charge in [0.05, 0.1) is 0 Å². The SMILES string of the molecule is Cc1c(C(=O)N(C)C2(C(=O)O)CCCCC2)oc2ccccc12. The van der Waals surface area contributed by atoms with Crippen LogP contribution in [0.25, 0.3) is 11.0 Å². The lowest BCUT2D eigenvalue weighted by atomic mass is 9.80. The molecule has 0 spiro atoms. The van der Waals surface area contributed by atoms with E-state index in [1.165, 1.54) is 4.90 Å². The molecular formula is C18H21NO4. The molecule has 1 saturated carbocycles. The van der Waals surface area contributed by atoms with Crippen LogP contribution in [0.1, 0.15) is 48.2 Å². The number of aliphatic carboxylic acids is 1. The van der Waals surface area contributed by atoms with Crippen LogP contribution in [0.3, 0.4) is 0 Å². The van der Waals surface area contributed by atoms with Gasteiger partial charge in [-0.15, -0.1) is 0 Å². The second-order valence-corrected chi connectivity index (χ2v) is 6.31. The van der Waals surface area contributed by atoms with Crippen LogP contribution >= 0.6 is 0 Å². The molecule has 0 atom stereocenters. The largest absolute Gasteiger partial charge is 0.479 e. The summed E-state index contributed by atoms with van der Waals surface area (Å²) in [5.41, 5.74) is 0.282. The summed E-state index contributed by atoms with van der Waals surface area (Å²) in [6.07, 6.45) is 3.64. The average molecular weight is 315 g/mol. The number of para-hydroxylation sites is 1. The highest BCUT2D eigenvalue weighted by atomic mass is 16.4. The van der Waals surface area contributed by atoms with Crippen LogP contribution in [0.5, 0.6) is 0 Å². The minimum absolute atomic E-state index is 0.236. The van der Waals surface area contributed by atoms with E-state index in [2.05, 4.69) is 0 Å². The number of carboxylic acid groups (broad SMARTS) is 1. The van der Waals surface area contributed by atoms with Crippen molar-refractivity contribution in [3.05, 3.63) is 35.6 Å². The standard InChI is InChI=1S/C18H21NO4/c1-12-13-8-4-5-9-14(13)23-15(12)16(20)19(2)18(17(21)22)10-6-3-7-11-18/h4-5,8-9H,3,6-7,10-11H2,1-2H3,(H,21,22). The van der Waals surface area contributed by atoms with Crippen LogP contribution in [0, 0.1) is 6.92 Å². The van der Waals surface area contributed by atoms with Crippen molar-refractivity contribution in [1.82, 2.24) is 4.90 Å². The Labute approximate surface area is 134 Å². The van der Waals surface area contributed by atoms with Crippen LogP contribution in [0.4, 0.5) is 0 Å². The number of furan rings is 1. The first-order valence-electron chi connectivity index (χ1n) is 7.97. The maximum Gasteiger partial charge on any atom is 0.329 e. The zero-order chi connectivity index (χ0) is 16.6. The van der Waals surface area contributed by atoms with Crippen molar-refractivity contribution in [2.75, 3.05) is 7.05 Å². The molecule has 1 aromatic heterocycles. The van der Waals surface area contributed by atoms with Gasteiger partial charge in [-0.2, -0.15) is 0 Å². The van der Waals surface area contributed by atoms with Gasteiger partial charge < -0.3 is 14.4 Å². The van der Waals surface area contributed by atoms with Crippen molar-refractivity contribution in [3.8, 4) is 0 Å². The fraction of sp³-hybridized carbons (Fsp3) is 0.444. The monoisotopic (exact) mass is 315 g/mol. The van der Waals surface area contributed by atoms with Crippen molar-refractivity contribution in [3.63, 3.8) is 0 Å². The summed E-state index contributed by atoms with van der Waals surface area (Å²) in [6.45, 7) is 1.83. The number of nitrogens with zero attached hydrogens (tertiary/aromatic N) is 1. The van der Waals surface area contributed by atoms with Gasteiger partial charge in [-0.3, -0.25) is 4.79 Å². The van der Waals surface area contributed by atoms with E-state index in [1.807, 2.05) is 31.2 Å². The van der Waals surface area contributed by atoms with Crippen LogP contribution < -0.4 is 0 Å². The Bertz CT molecular complexity index is 755. The molecule has 1 aliphatic carbocycles. The Balaban J connectivity index is 2.00. The maximum atomic E-state index is 12.9. The van der Waals surface area contributed by atoms with Gasteiger partial charge >= 0.3 is 5.97 Å². The number of carboxylic acids is 1. The quantitative estimate of drug-likeness (QED) is 0.939. The Morgan fingerprint density at radius 1 is 1.17 bits per heavy atom. The zero-order valence-electron chi connectivity index (χ0n) is 13.5. The van der Waals surface area contributed by atoms with Crippen molar-refractivity contribution < 1.29 is 19.1 Å². The molecule has 23 heavy (non-hydrogen) atoms. The molecule has 3 rings (SSSR count). The molecule has 1 N–H and O–H groups in total. The van der Waals surface area contributed by atoms with Crippen molar-refractivity contribution in [1.29, 1.82) is 0 Å². The van der Waals surface area contributed by atoms with Crippen LogP contribution in [-0.4, -0.2) is 34.5 Å². The molecule has 0 unspecified atom stereocenters. The van der Waals surface area contributed by atoms with E-state index in [-0.39, 0.29) is 11.7 Å². The summed E-state index contributed by atoms with van der Waals surface area (Å²) < 4.78 is 5.71. The smallest absolute Gasteiger partial charge is 0.329 e. The summed E-state index contributed by atoms with van der Waals surface area (Å²) in [4.78, 5) is 26.2. The molecule has 2 aromatic rings. The molecule has 1 fully saturated rings. The zero-order valence-corrected chi connectivity index (χ0v) is 13.5. The van der Waals surface area contributed by atoms with E-state index in [0.717, 1.165) is 30.2 Å². The molecule has 1 heterocycles. The number of carbonyl (C=O) groups is 2. The Morgan fingerprint density at radius 3 is 2.43 bits per heavy atom. The Morgan fingerprint density at radius 2 is 1.83 bits per heavy atom. The second kappa shape index (κ2) is 5.72. The average Bonchev–Trinajstić information content (AvgIpc) is 2.91. The van der Waals surface area contributed by atoms with Crippen LogP contribution in [-0.2, 0) is 4.79 Å². The lowest BCUT2D eigenvalue weighted by Gasteiger charge is -2.40. The van der Waals surface area contributed by atoms with Crippen molar-refractivity contribution >= 4 is 22.8 Å². The first-order chi connectivity index (χ1) is 11.0. The number of hydrogen-bond donors (Lipinski definition) is 1. The van der Waals surface area contributed by atoms with Gasteiger partial charge in [-0.05, 0) is 25.8 Å². The number of likely N-dealkylation sites (N-methyl/N-ethyl adjacent to an activating group) is 1. The first-order valence-corrected chi connectivity index (χ1v) is 7.97. The molecule has 0 aliphatic heterocycles. The number of carbonyl (C=O) groups excluding carboxylic acids is 1. The van der Waals surface area contributed by atoms with Crippen molar-refractivity contribution in [2.24, 2.45) is 0 Å². The molecule has 122 valence electrons. The number of benzene rings is 1. The van der Waals surface area contributed by atoms with E-state index >= 15 is 0 Å². The van der Waals surface area contributed by atoms with Crippen LogP contribution in [0.15, 0.2) is 28.7 Å². The molecule has 1 amide bonds. The summed E-state index contributed by atoms with van der Waals surface area (Å²) in [6, 6.07) is 7.46. The molecule has 0 saturated heterocycles. The highest BCUT2D eigenvalue weighted by Gasteiger charge is 2.46. The molecule has 1 aliphatic rings. The molecular weight excluding hydrogens is 294 g/mol.